The van der Waals surface area contributed by atoms with Gasteiger partial charge in [-0.05, 0) is 37.1 Å². The van der Waals surface area contributed by atoms with Crippen molar-refractivity contribution in [2.45, 2.75) is 18.9 Å². The molecule has 0 spiro atoms. The Morgan fingerprint density at radius 3 is 2.38 bits per heavy atom. The summed E-state index contributed by atoms with van der Waals surface area (Å²) < 4.78 is 5.96. The Morgan fingerprint density at radius 1 is 0.923 bits per heavy atom. The van der Waals surface area contributed by atoms with Crippen LogP contribution >= 0.6 is 0 Å². The van der Waals surface area contributed by atoms with Crippen LogP contribution < -0.4 is 4.74 Å². The van der Waals surface area contributed by atoms with Crippen molar-refractivity contribution in [3.63, 3.8) is 0 Å². The van der Waals surface area contributed by atoms with E-state index in [1.54, 1.807) is 0 Å². The number of hydrogen-bond donors (Lipinski definition) is 1. The molecule has 1 heterocycles. The summed E-state index contributed by atoms with van der Waals surface area (Å²) >= 11 is 0. The molecule has 4 nitrogen and oxygen atoms in total. The number of aliphatic hydroxyl groups excluding tert-OH is 1. The Kier molecular flexibility index (Phi) is 7.06. The average Bonchev–Trinajstić information content (AvgIpc) is 2.68. The van der Waals surface area contributed by atoms with Crippen LogP contribution in [-0.2, 0) is 12.8 Å². The van der Waals surface area contributed by atoms with Gasteiger partial charge in [0.05, 0.1) is 0 Å². The molecule has 0 bridgehead atoms. The average molecular weight is 354 g/mol. The summed E-state index contributed by atoms with van der Waals surface area (Å²) in [5.74, 6) is 0.890. The summed E-state index contributed by atoms with van der Waals surface area (Å²) in [5, 5.41) is 10.3. The van der Waals surface area contributed by atoms with Gasteiger partial charge in [0.1, 0.15) is 18.5 Å². The van der Waals surface area contributed by atoms with Crippen molar-refractivity contribution in [3.05, 3.63) is 65.7 Å². The zero-order chi connectivity index (χ0) is 18.2. The molecule has 1 aliphatic rings. The van der Waals surface area contributed by atoms with Crippen LogP contribution in [0.4, 0.5) is 0 Å². The van der Waals surface area contributed by atoms with Crippen molar-refractivity contribution in [1.29, 1.82) is 0 Å². The summed E-state index contributed by atoms with van der Waals surface area (Å²) in [7, 11) is 2.14. The smallest absolute Gasteiger partial charge is 0.122 e. The lowest BCUT2D eigenvalue weighted by Gasteiger charge is -2.33. The van der Waals surface area contributed by atoms with Gasteiger partial charge >= 0.3 is 0 Å². The van der Waals surface area contributed by atoms with Crippen molar-refractivity contribution in [3.8, 4) is 5.75 Å². The molecule has 1 atom stereocenters. The van der Waals surface area contributed by atoms with Crippen molar-refractivity contribution in [1.82, 2.24) is 9.80 Å². The number of rotatable bonds is 8. The lowest BCUT2D eigenvalue weighted by molar-refractivity contribution is 0.0502. The molecule has 4 heteroatoms. The number of piperazine rings is 1. The second kappa shape index (κ2) is 9.72. The molecule has 2 aromatic rings. The number of β-amino-alcohol motifs (C(OH)–C–C–N with tert-alkyl or cyclic N) is 1. The van der Waals surface area contributed by atoms with Crippen LogP contribution in [0.2, 0.25) is 0 Å². The highest BCUT2D eigenvalue weighted by Gasteiger charge is 2.17. The lowest BCUT2D eigenvalue weighted by Crippen LogP contribution is -2.47. The minimum Gasteiger partial charge on any atom is -0.491 e. The van der Waals surface area contributed by atoms with Crippen LogP contribution in [0.1, 0.15) is 11.1 Å². The molecule has 1 unspecified atom stereocenters. The van der Waals surface area contributed by atoms with Crippen LogP contribution in [-0.4, -0.2) is 67.4 Å². The van der Waals surface area contributed by atoms with Crippen molar-refractivity contribution < 1.29 is 9.84 Å². The van der Waals surface area contributed by atoms with Gasteiger partial charge in [-0.2, -0.15) is 0 Å². The van der Waals surface area contributed by atoms with Crippen LogP contribution in [0.15, 0.2) is 54.6 Å². The van der Waals surface area contributed by atoms with Gasteiger partial charge in [0, 0.05) is 32.7 Å². The first-order valence-corrected chi connectivity index (χ1v) is 9.54. The highest BCUT2D eigenvalue weighted by molar-refractivity contribution is 5.34. The Balaban J connectivity index is 1.48. The highest BCUT2D eigenvalue weighted by Crippen LogP contribution is 2.20. The van der Waals surface area contributed by atoms with E-state index < -0.39 is 6.10 Å². The van der Waals surface area contributed by atoms with E-state index in [-0.39, 0.29) is 0 Å². The second-order valence-corrected chi connectivity index (χ2v) is 7.16. The normalized spacial score (nSPS) is 17.2. The topological polar surface area (TPSA) is 35.9 Å². The summed E-state index contributed by atoms with van der Waals surface area (Å²) in [6, 6.07) is 18.7. The fourth-order valence-corrected chi connectivity index (χ4v) is 3.34. The fourth-order valence-electron chi connectivity index (χ4n) is 3.34. The zero-order valence-corrected chi connectivity index (χ0v) is 15.7. The number of para-hydroxylation sites is 1. The standard InChI is InChI=1S/C22H30N2O2/c1-23-13-15-24(16-14-23)17-21(25)18-26-22-10-6-5-9-20(22)12-11-19-7-3-2-4-8-19/h2-10,21,25H,11-18H2,1H3. The molecule has 0 saturated carbocycles. The third-order valence-corrected chi connectivity index (χ3v) is 4.99. The van der Waals surface area contributed by atoms with Crippen molar-refractivity contribution in [2.75, 3.05) is 46.4 Å². The Labute approximate surface area is 157 Å². The SMILES string of the molecule is CN1CCN(CC(O)COc2ccccc2CCc2ccccc2)CC1. The van der Waals surface area contributed by atoms with Crippen molar-refractivity contribution in [2.24, 2.45) is 0 Å². The van der Waals surface area contributed by atoms with E-state index in [1.807, 2.05) is 24.3 Å². The number of aliphatic hydroxyl groups is 1. The number of benzene rings is 2. The molecular weight excluding hydrogens is 324 g/mol. The molecule has 0 aromatic heterocycles. The third-order valence-electron chi connectivity index (χ3n) is 4.99. The number of aryl methyl sites for hydroxylation is 2. The van der Waals surface area contributed by atoms with E-state index >= 15 is 0 Å². The molecule has 1 saturated heterocycles. The van der Waals surface area contributed by atoms with Gasteiger partial charge in [-0.3, -0.25) is 4.90 Å². The number of likely N-dealkylation sites (N-methyl/N-ethyl adjacent to an activating group) is 1. The van der Waals surface area contributed by atoms with E-state index in [9.17, 15) is 5.11 Å². The van der Waals surface area contributed by atoms with Gasteiger partial charge in [0.15, 0.2) is 0 Å². The van der Waals surface area contributed by atoms with E-state index in [4.69, 9.17) is 4.74 Å². The van der Waals surface area contributed by atoms with Gasteiger partial charge in [-0.15, -0.1) is 0 Å². The molecule has 1 aliphatic heterocycles. The molecule has 1 N–H and O–H groups in total. The van der Waals surface area contributed by atoms with Gasteiger partial charge in [0.25, 0.3) is 0 Å². The molecule has 0 radical (unpaired) electrons. The first kappa shape index (κ1) is 18.9. The molecule has 26 heavy (non-hydrogen) atoms. The van der Waals surface area contributed by atoms with Gasteiger partial charge in [-0.1, -0.05) is 48.5 Å². The highest BCUT2D eigenvalue weighted by atomic mass is 16.5. The lowest BCUT2D eigenvalue weighted by atomic mass is 10.0. The van der Waals surface area contributed by atoms with Crippen LogP contribution in [0.25, 0.3) is 0 Å². The first-order valence-electron chi connectivity index (χ1n) is 9.54. The zero-order valence-electron chi connectivity index (χ0n) is 15.7. The molecule has 1 fully saturated rings. The summed E-state index contributed by atoms with van der Waals surface area (Å²) in [5.41, 5.74) is 2.53. The third kappa shape index (κ3) is 5.84. The molecule has 0 amide bonds. The largest absolute Gasteiger partial charge is 0.491 e. The summed E-state index contributed by atoms with van der Waals surface area (Å²) in [6.07, 6.45) is 1.47. The number of ether oxygens (including phenoxy) is 1. The predicted molar refractivity (Wildman–Crippen MR) is 106 cm³/mol. The van der Waals surface area contributed by atoms with Gasteiger partial charge in [0.2, 0.25) is 0 Å². The van der Waals surface area contributed by atoms with E-state index in [0.717, 1.165) is 44.8 Å². The fraction of sp³-hybridized carbons (Fsp3) is 0.455. The molecule has 140 valence electrons. The van der Waals surface area contributed by atoms with Crippen LogP contribution in [0.5, 0.6) is 5.75 Å². The molecule has 0 aliphatic carbocycles. The second-order valence-electron chi connectivity index (χ2n) is 7.16. The Bertz CT molecular complexity index is 654. The van der Waals surface area contributed by atoms with E-state index in [2.05, 4.69) is 47.2 Å². The maximum Gasteiger partial charge on any atom is 0.122 e. The summed E-state index contributed by atoms with van der Waals surface area (Å²) in [6.45, 7) is 5.18. The van der Waals surface area contributed by atoms with Gasteiger partial charge in [-0.25, -0.2) is 0 Å². The molecular formula is C22H30N2O2. The molecule has 2 aromatic carbocycles. The van der Waals surface area contributed by atoms with Crippen molar-refractivity contribution >= 4 is 0 Å². The quantitative estimate of drug-likeness (QED) is 0.790. The Morgan fingerprint density at radius 2 is 1.62 bits per heavy atom. The van der Waals surface area contributed by atoms with Crippen LogP contribution in [0, 0.1) is 0 Å². The predicted octanol–water partition coefficient (Wildman–Crippen LogP) is 2.46. The minimum absolute atomic E-state index is 0.342. The maximum atomic E-state index is 10.3. The summed E-state index contributed by atoms with van der Waals surface area (Å²) in [4.78, 5) is 4.64. The first-order chi connectivity index (χ1) is 12.7. The number of nitrogens with zero attached hydrogens (tertiary/aromatic N) is 2. The maximum absolute atomic E-state index is 10.3. The molecule has 3 rings (SSSR count). The van der Waals surface area contributed by atoms with Gasteiger partial charge < -0.3 is 14.7 Å². The van der Waals surface area contributed by atoms with E-state index in [0.29, 0.717) is 13.2 Å². The minimum atomic E-state index is -0.458. The monoisotopic (exact) mass is 354 g/mol. The van der Waals surface area contributed by atoms with Crippen LogP contribution in [0.3, 0.4) is 0 Å². The Hall–Kier alpha value is -1.88. The van der Waals surface area contributed by atoms with E-state index in [1.165, 1.54) is 11.1 Å². The number of hydrogen-bond acceptors (Lipinski definition) is 4.